The Hall–Kier alpha value is -2.45. The largest absolute Gasteiger partial charge is 0.329 e. The minimum atomic E-state index is -3.59. The van der Waals surface area contributed by atoms with Crippen molar-refractivity contribution in [3.63, 3.8) is 0 Å². The molecule has 1 aromatic carbocycles. The summed E-state index contributed by atoms with van der Waals surface area (Å²) in [5, 5.41) is 3.88. The Morgan fingerprint density at radius 1 is 1.22 bits per heavy atom. The van der Waals surface area contributed by atoms with Crippen LogP contribution >= 0.6 is 0 Å². The van der Waals surface area contributed by atoms with E-state index in [1.54, 1.807) is 13.2 Å². The highest BCUT2D eigenvalue weighted by molar-refractivity contribution is 7.89. The molecule has 0 saturated carbocycles. The Morgan fingerprint density at radius 2 is 2.00 bits per heavy atom. The highest BCUT2D eigenvalue weighted by Crippen LogP contribution is 2.09. The predicted molar refractivity (Wildman–Crippen MR) is 85.0 cm³/mol. The number of hydrogen-bond acceptors (Lipinski definition) is 4. The van der Waals surface area contributed by atoms with E-state index in [2.05, 4.69) is 14.8 Å². The Morgan fingerprint density at radius 3 is 2.70 bits per heavy atom. The summed E-state index contributed by atoms with van der Waals surface area (Å²) in [4.78, 5) is 4.37. The molecule has 0 aliphatic heterocycles. The van der Waals surface area contributed by atoms with E-state index in [4.69, 9.17) is 0 Å². The number of hydrogen-bond donors (Lipinski definition) is 1. The summed E-state index contributed by atoms with van der Waals surface area (Å²) in [6.45, 7) is 0.766. The van der Waals surface area contributed by atoms with Gasteiger partial charge in [-0.05, 0) is 5.56 Å². The van der Waals surface area contributed by atoms with Crippen molar-refractivity contribution in [2.75, 3.05) is 0 Å². The molecule has 0 saturated heterocycles. The Bertz CT molecular complexity index is 884. The first-order valence-electron chi connectivity index (χ1n) is 7.07. The quantitative estimate of drug-likeness (QED) is 0.734. The second kappa shape index (κ2) is 6.35. The molecule has 0 fully saturated rings. The van der Waals surface area contributed by atoms with Gasteiger partial charge in [-0.25, -0.2) is 18.1 Å². The number of rotatable bonds is 6. The SMILES string of the molecule is Cn1cc(S(=O)(=O)NCc2nccn2Cc2ccccc2)cn1. The second-order valence-electron chi connectivity index (χ2n) is 5.13. The summed E-state index contributed by atoms with van der Waals surface area (Å²) in [5.74, 6) is 0.654. The third-order valence-electron chi connectivity index (χ3n) is 3.41. The van der Waals surface area contributed by atoms with E-state index >= 15 is 0 Å². The fraction of sp³-hybridized carbons (Fsp3) is 0.200. The van der Waals surface area contributed by atoms with Gasteiger partial charge in [0.1, 0.15) is 10.7 Å². The van der Waals surface area contributed by atoms with Crippen LogP contribution in [-0.2, 0) is 30.2 Å². The number of nitrogens with zero attached hydrogens (tertiary/aromatic N) is 4. The van der Waals surface area contributed by atoms with Crippen LogP contribution < -0.4 is 4.72 Å². The number of aromatic nitrogens is 4. The molecule has 2 heterocycles. The molecule has 0 unspecified atom stereocenters. The van der Waals surface area contributed by atoms with Gasteiger partial charge in [-0.15, -0.1) is 0 Å². The standard InChI is InChI=1S/C15H17N5O2S/c1-19-12-14(9-17-19)23(21,22)18-10-15-16-7-8-20(15)11-13-5-3-2-4-6-13/h2-9,12,18H,10-11H2,1H3. The van der Waals surface area contributed by atoms with E-state index in [0.29, 0.717) is 12.4 Å². The molecule has 7 nitrogen and oxygen atoms in total. The fourth-order valence-electron chi connectivity index (χ4n) is 2.21. The van der Waals surface area contributed by atoms with Crippen LogP contribution in [0.3, 0.4) is 0 Å². The van der Waals surface area contributed by atoms with Crippen molar-refractivity contribution < 1.29 is 8.42 Å². The molecule has 8 heteroatoms. The zero-order chi connectivity index (χ0) is 16.3. The van der Waals surface area contributed by atoms with Crippen LogP contribution in [0.5, 0.6) is 0 Å². The summed E-state index contributed by atoms with van der Waals surface area (Å²) < 4.78 is 30.3. The van der Waals surface area contributed by atoms with Gasteiger partial charge in [-0.2, -0.15) is 5.10 Å². The molecule has 2 aromatic heterocycles. The average Bonchev–Trinajstić information content (AvgIpc) is 3.16. The topological polar surface area (TPSA) is 81.8 Å². The van der Waals surface area contributed by atoms with Gasteiger partial charge in [0.15, 0.2) is 0 Å². The zero-order valence-electron chi connectivity index (χ0n) is 12.6. The van der Waals surface area contributed by atoms with E-state index in [-0.39, 0.29) is 11.4 Å². The monoisotopic (exact) mass is 331 g/mol. The predicted octanol–water partition coefficient (Wildman–Crippen LogP) is 1.14. The van der Waals surface area contributed by atoms with Gasteiger partial charge in [-0.3, -0.25) is 4.68 Å². The van der Waals surface area contributed by atoms with Crippen molar-refractivity contribution in [2.24, 2.45) is 7.05 Å². The van der Waals surface area contributed by atoms with Gasteiger partial charge < -0.3 is 4.57 Å². The third-order valence-corrected chi connectivity index (χ3v) is 4.77. The van der Waals surface area contributed by atoms with Gasteiger partial charge in [-0.1, -0.05) is 30.3 Å². The minimum absolute atomic E-state index is 0.122. The number of sulfonamides is 1. The number of aryl methyl sites for hydroxylation is 1. The third kappa shape index (κ3) is 3.66. The van der Waals surface area contributed by atoms with Gasteiger partial charge in [0.25, 0.3) is 0 Å². The summed E-state index contributed by atoms with van der Waals surface area (Å²) in [6, 6.07) is 9.93. The summed E-state index contributed by atoms with van der Waals surface area (Å²) in [5.41, 5.74) is 1.13. The molecule has 0 aliphatic rings. The highest BCUT2D eigenvalue weighted by Gasteiger charge is 2.16. The molecule has 1 N–H and O–H groups in total. The maximum Gasteiger partial charge on any atom is 0.244 e. The van der Waals surface area contributed by atoms with Crippen molar-refractivity contribution in [3.05, 3.63) is 66.5 Å². The first-order valence-corrected chi connectivity index (χ1v) is 8.55. The van der Waals surface area contributed by atoms with Gasteiger partial charge >= 0.3 is 0 Å². The summed E-state index contributed by atoms with van der Waals surface area (Å²) in [7, 11) is -1.92. The summed E-state index contributed by atoms with van der Waals surface area (Å²) in [6.07, 6.45) is 6.27. The van der Waals surface area contributed by atoms with Crippen LogP contribution in [0.1, 0.15) is 11.4 Å². The molecule has 0 bridgehead atoms. The molecular weight excluding hydrogens is 314 g/mol. The lowest BCUT2D eigenvalue weighted by atomic mass is 10.2. The van der Waals surface area contributed by atoms with Crippen LogP contribution in [-0.4, -0.2) is 27.7 Å². The maximum absolute atomic E-state index is 12.2. The van der Waals surface area contributed by atoms with E-state index in [9.17, 15) is 8.42 Å². The highest BCUT2D eigenvalue weighted by atomic mass is 32.2. The van der Waals surface area contributed by atoms with Crippen LogP contribution in [0.2, 0.25) is 0 Å². The van der Waals surface area contributed by atoms with E-state index in [1.165, 1.54) is 17.1 Å². The number of nitrogens with one attached hydrogen (secondary N) is 1. The minimum Gasteiger partial charge on any atom is -0.329 e. The Balaban J connectivity index is 1.71. The molecule has 120 valence electrons. The maximum atomic E-state index is 12.2. The van der Waals surface area contributed by atoms with Crippen molar-refractivity contribution >= 4 is 10.0 Å². The fourth-order valence-corrected chi connectivity index (χ4v) is 3.17. The molecule has 0 radical (unpaired) electrons. The molecule has 3 aromatic rings. The van der Waals surface area contributed by atoms with E-state index < -0.39 is 10.0 Å². The Kier molecular flexibility index (Phi) is 4.26. The number of benzene rings is 1. The summed E-state index contributed by atoms with van der Waals surface area (Å²) >= 11 is 0. The van der Waals surface area contributed by atoms with Crippen molar-refractivity contribution in [2.45, 2.75) is 18.0 Å². The normalized spacial score (nSPS) is 11.7. The van der Waals surface area contributed by atoms with Crippen molar-refractivity contribution in [1.82, 2.24) is 24.1 Å². The van der Waals surface area contributed by atoms with E-state index in [0.717, 1.165) is 5.56 Å². The molecule has 0 aliphatic carbocycles. The Labute approximate surface area is 134 Å². The number of imidazole rings is 1. The first-order chi connectivity index (χ1) is 11.0. The lowest BCUT2D eigenvalue weighted by Crippen LogP contribution is -2.25. The van der Waals surface area contributed by atoms with Crippen LogP contribution in [0, 0.1) is 0 Å². The molecule has 23 heavy (non-hydrogen) atoms. The lowest BCUT2D eigenvalue weighted by molar-refractivity contribution is 0.576. The van der Waals surface area contributed by atoms with E-state index in [1.807, 2.05) is 41.1 Å². The lowest BCUT2D eigenvalue weighted by Gasteiger charge is -2.09. The van der Waals surface area contributed by atoms with Crippen molar-refractivity contribution in [3.8, 4) is 0 Å². The van der Waals surface area contributed by atoms with Gasteiger partial charge in [0, 0.05) is 32.2 Å². The van der Waals surface area contributed by atoms with Crippen LogP contribution in [0.25, 0.3) is 0 Å². The van der Waals surface area contributed by atoms with Gasteiger partial charge in [0.05, 0.1) is 12.7 Å². The van der Waals surface area contributed by atoms with Crippen molar-refractivity contribution in [1.29, 1.82) is 0 Å². The average molecular weight is 331 g/mol. The first kappa shape index (κ1) is 15.4. The van der Waals surface area contributed by atoms with Crippen LogP contribution in [0.4, 0.5) is 0 Å². The van der Waals surface area contributed by atoms with Gasteiger partial charge in [0.2, 0.25) is 10.0 Å². The van der Waals surface area contributed by atoms with Crippen LogP contribution in [0.15, 0.2) is 60.0 Å². The second-order valence-corrected chi connectivity index (χ2v) is 6.90. The molecule has 0 amide bonds. The smallest absolute Gasteiger partial charge is 0.244 e. The zero-order valence-corrected chi connectivity index (χ0v) is 13.4. The molecular formula is C15H17N5O2S. The molecule has 3 rings (SSSR count). The molecule has 0 spiro atoms. The molecule has 0 atom stereocenters.